The van der Waals surface area contributed by atoms with Crippen molar-refractivity contribution in [1.29, 1.82) is 0 Å². The number of rotatable bonds is 8. The van der Waals surface area contributed by atoms with Crippen LogP contribution in [-0.4, -0.2) is 35.6 Å². The van der Waals surface area contributed by atoms with E-state index in [0.29, 0.717) is 34.7 Å². The topological polar surface area (TPSA) is 111 Å². The molecule has 0 unspecified atom stereocenters. The maximum absolute atomic E-state index is 13.7. The number of nitrogens with zero attached hydrogens (tertiary/aromatic N) is 6. The third kappa shape index (κ3) is 5.50. The fourth-order valence-corrected chi connectivity index (χ4v) is 4.96. The highest BCUT2D eigenvalue weighted by atomic mass is 16.2. The summed E-state index contributed by atoms with van der Waals surface area (Å²) in [6, 6.07) is 11.6. The van der Waals surface area contributed by atoms with E-state index in [0.717, 1.165) is 36.5 Å². The van der Waals surface area contributed by atoms with Gasteiger partial charge in [0.1, 0.15) is 17.8 Å². The number of carbonyl (C=O) groups excluding carboxylic acids is 1. The summed E-state index contributed by atoms with van der Waals surface area (Å²) in [5, 5.41) is 11.2. The smallest absolute Gasteiger partial charge is 0.277 e. The van der Waals surface area contributed by atoms with Crippen molar-refractivity contribution in [2.45, 2.75) is 57.4 Å². The first-order valence-corrected chi connectivity index (χ1v) is 13.1. The Balaban J connectivity index is 1.31. The molecule has 0 aromatic carbocycles. The lowest BCUT2D eigenvalue weighted by Crippen LogP contribution is -2.21. The van der Waals surface area contributed by atoms with E-state index < -0.39 is 0 Å². The molecule has 9 heteroatoms. The number of hydrogen-bond acceptors (Lipinski definition) is 7. The Morgan fingerprint density at radius 1 is 0.973 bits per heavy atom. The lowest BCUT2D eigenvalue weighted by atomic mass is 9.89. The van der Waals surface area contributed by atoms with Gasteiger partial charge in [-0.2, -0.15) is 5.10 Å². The van der Waals surface area contributed by atoms with Gasteiger partial charge in [-0.05, 0) is 55.9 Å². The van der Waals surface area contributed by atoms with Gasteiger partial charge in [0.05, 0.1) is 29.5 Å². The van der Waals surface area contributed by atoms with Crippen LogP contribution in [0.2, 0.25) is 0 Å². The second kappa shape index (κ2) is 10.5. The van der Waals surface area contributed by atoms with E-state index >= 15 is 0 Å². The van der Waals surface area contributed by atoms with Gasteiger partial charge >= 0.3 is 0 Å². The Bertz CT molecular complexity index is 1360. The van der Waals surface area contributed by atoms with Crippen LogP contribution in [0.5, 0.6) is 0 Å². The summed E-state index contributed by atoms with van der Waals surface area (Å²) in [5.74, 6) is 1.35. The van der Waals surface area contributed by atoms with E-state index in [4.69, 9.17) is 10.1 Å². The highest BCUT2D eigenvalue weighted by Crippen LogP contribution is 2.40. The molecule has 2 aliphatic rings. The van der Waals surface area contributed by atoms with Crippen molar-refractivity contribution in [3.63, 3.8) is 0 Å². The minimum absolute atomic E-state index is 0.279. The monoisotopic (exact) mass is 494 g/mol. The summed E-state index contributed by atoms with van der Waals surface area (Å²) in [6.07, 6.45) is 14.9. The molecule has 0 bridgehead atoms. The zero-order valence-electron chi connectivity index (χ0n) is 20.7. The summed E-state index contributed by atoms with van der Waals surface area (Å²) >= 11 is 0. The van der Waals surface area contributed by atoms with E-state index in [1.807, 2.05) is 41.1 Å². The first kappa shape index (κ1) is 23.3. The normalized spacial score (nSPS) is 15.9. The molecule has 0 saturated heterocycles. The molecule has 2 aliphatic carbocycles. The standard InChI is InChI=1S/C28H30N8O/c37-28(27-24(32-21-15-29-18-30-16-21)12-11-22(33-27)20-9-10-20)34-26-14-25(23-8-4-5-13-31-23)35-36(26)17-19-6-2-1-3-7-19/h4-5,8,11-16,18-20,32H,1-3,6-7,9-10,17H2,(H,34,37). The van der Waals surface area contributed by atoms with Crippen molar-refractivity contribution in [2.75, 3.05) is 10.6 Å². The summed E-state index contributed by atoms with van der Waals surface area (Å²) in [5.41, 5.74) is 4.12. The lowest BCUT2D eigenvalue weighted by Gasteiger charge is -2.22. The summed E-state index contributed by atoms with van der Waals surface area (Å²) in [4.78, 5) is 31.1. The third-order valence-corrected chi connectivity index (χ3v) is 7.07. The van der Waals surface area contributed by atoms with Crippen molar-refractivity contribution in [2.24, 2.45) is 5.92 Å². The van der Waals surface area contributed by atoms with E-state index in [-0.39, 0.29) is 5.91 Å². The number of pyridine rings is 2. The third-order valence-electron chi connectivity index (χ3n) is 7.07. The molecular formula is C28H30N8O. The van der Waals surface area contributed by atoms with Gasteiger partial charge in [0.15, 0.2) is 5.69 Å². The van der Waals surface area contributed by atoms with Crippen molar-refractivity contribution < 1.29 is 4.79 Å². The van der Waals surface area contributed by atoms with Crippen molar-refractivity contribution in [3.05, 3.63) is 72.7 Å². The quantitative estimate of drug-likeness (QED) is 0.329. The fourth-order valence-electron chi connectivity index (χ4n) is 4.96. The Hall–Kier alpha value is -4.14. The highest BCUT2D eigenvalue weighted by Gasteiger charge is 2.27. The van der Waals surface area contributed by atoms with Gasteiger partial charge in [0, 0.05) is 30.4 Å². The van der Waals surface area contributed by atoms with Crippen LogP contribution in [-0.2, 0) is 6.54 Å². The molecule has 0 aliphatic heterocycles. The molecule has 1 amide bonds. The Morgan fingerprint density at radius 2 is 1.81 bits per heavy atom. The highest BCUT2D eigenvalue weighted by molar-refractivity contribution is 6.06. The predicted octanol–water partition coefficient (Wildman–Crippen LogP) is 5.58. The minimum atomic E-state index is -0.279. The molecule has 188 valence electrons. The zero-order valence-corrected chi connectivity index (χ0v) is 20.7. The Labute approximate surface area is 215 Å². The van der Waals surface area contributed by atoms with E-state index in [1.54, 1.807) is 18.6 Å². The number of hydrogen-bond donors (Lipinski definition) is 2. The van der Waals surface area contributed by atoms with E-state index in [2.05, 4.69) is 25.6 Å². The average Bonchev–Trinajstić information content (AvgIpc) is 3.72. The molecule has 0 atom stereocenters. The van der Waals surface area contributed by atoms with Crippen LogP contribution in [0.15, 0.2) is 61.3 Å². The molecule has 0 spiro atoms. The number of carbonyl (C=O) groups is 1. The molecule has 0 radical (unpaired) electrons. The van der Waals surface area contributed by atoms with Crippen molar-refractivity contribution in [1.82, 2.24) is 29.7 Å². The Kier molecular flexibility index (Phi) is 6.58. The van der Waals surface area contributed by atoms with Gasteiger partial charge in [-0.3, -0.25) is 9.78 Å². The number of anilines is 3. The molecule has 4 aromatic heterocycles. The number of aromatic nitrogens is 6. The molecule has 2 N–H and O–H groups in total. The van der Waals surface area contributed by atoms with Gasteiger partial charge in [0.2, 0.25) is 0 Å². The van der Waals surface area contributed by atoms with Crippen LogP contribution in [0.4, 0.5) is 17.2 Å². The average molecular weight is 495 g/mol. The van der Waals surface area contributed by atoms with Crippen LogP contribution < -0.4 is 10.6 Å². The predicted molar refractivity (Wildman–Crippen MR) is 142 cm³/mol. The fraction of sp³-hybridized carbons (Fsp3) is 0.357. The van der Waals surface area contributed by atoms with Crippen LogP contribution in [0, 0.1) is 5.92 Å². The number of nitrogens with one attached hydrogen (secondary N) is 2. The molecule has 37 heavy (non-hydrogen) atoms. The largest absolute Gasteiger partial charge is 0.351 e. The second-order valence-corrected chi connectivity index (χ2v) is 9.93. The van der Waals surface area contributed by atoms with Gasteiger partial charge < -0.3 is 10.6 Å². The second-order valence-electron chi connectivity index (χ2n) is 9.93. The molecular weight excluding hydrogens is 464 g/mol. The zero-order chi connectivity index (χ0) is 25.0. The summed E-state index contributed by atoms with van der Waals surface area (Å²) < 4.78 is 1.93. The molecule has 4 heterocycles. The SMILES string of the molecule is O=C(Nc1cc(-c2ccccn2)nn1CC1CCCCC1)c1nc(C2CC2)ccc1Nc1cncnc1. The van der Waals surface area contributed by atoms with Crippen molar-refractivity contribution >= 4 is 23.1 Å². The van der Waals surface area contributed by atoms with E-state index in [9.17, 15) is 4.79 Å². The Morgan fingerprint density at radius 3 is 2.57 bits per heavy atom. The molecule has 4 aromatic rings. The number of amides is 1. The minimum Gasteiger partial charge on any atom is -0.351 e. The molecule has 2 fully saturated rings. The van der Waals surface area contributed by atoms with Crippen LogP contribution in [0.25, 0.3) is 11.4 Å². The maximum Gasteiger partial charge on any atom is 0.277 e. The first-order chi connectivity index (χ1) is 18.2. The van der Waals surface area contributed by atoms with Gasteiger partial charge in [-0.25, -0.2) is 19.6 Å². The maximum atomic E-state index is 13.7. The molecule has 9 nitrogen and oxygen atoms in total. The molecule has 6 rings (SSSR count). The van der Waals surface area contributed by atoms with Crippen LogP contribution >= 0.6 is 0 Å². The lowest BCUT2D eigenvalue weighted by molar-refractivity contribution is 0.102. The van der Waals surface area contributed by atoms with Gasteiger partial charge in [-0.15, -0.1) is 0 Å². The van der Waals surface area contributed by atoms with Crippen LogP contribution in [0.3, 0.4) is 0 Å². The molecule has 2 saturated carbocycles. The van der Waals surface area contributed by atoms with Gasteiger partial charge in [0.25, 0.3) is 5.91 Å². The van der Waals surface area contributed by atoms with Gasteiger partial charge in [-0.1, -0.05) is 25.3 Å². The summed E-state index contributed by atoms with van der Waals surface area (Å²) in [6.45, 7) is 0.768. The van der Waals surface area contributed by atoms with Crippen molar-refractivity contribution in [3.8, 4) is 11.4 Å². The van der Waals surface area contributed by atoms with E-state index in [1.165, 1.54) is 38.4 Å². The summed E-state index contributed by atoms with van der Waals surface area (Å²) in [7, 11) is 0. The van der Waals surface area contributed by atoms with Crippen LogP contribution in [0.1, 0.15) is 67.0 Å². The first-order valence-electron chi connectivity index (χ1n) is 13.1.